The Bertz CT molecular complexity index is 963. The molecular weight excluding hydrogens is 464 g/mol. The fourth-order valence-electron chi connectivity index (χ4n) is 6.78. The standard InChI is InChI=1S/C31H44O4Si/c1-7-20-30-22-25(35-31(30,34-24(2)3)21-14-19-28(30)32)23-33-36(29(4,5)6,26-15-10-8-11-16-26)27-17-12-9-13-18-27/h7-13,15-18,24-25,28,32H,1,14,19-23H2,2-6H3/t25-,28-,30+,31-/m0/s1. The molecule has 1 aliphatic heterocycles. The van der Waals surface area contributed by atoms with Crippen molar-refractivity contribution in [2.24, 2.45) is 5.41 Å². The van der Waals surface area contributed by atoms with E-state index in [2.05, 4.69) is 88.0 Å². The van der Waals surface area contributed by atoms with Crippen LogP contribution in [0, 0.1) is 5.41 Å². The average Bonchev–Trinajstić information content (AvgIpc) is 3.14. The van der Waals surface area contributed by atoms with Crippen LogP contribution in [0.2, 0.25) is 5.04 Å². The largest absolute Gasteiger partial charge is 0.405 e. The van der Waals surface area contributed by atoms with Crippen molar-refractivity contribution in [2.75, 3.05) is 6.61 Å². The Labute approximate surface area is 218 Å². The molecule has 0 unspecified atom stereocenters. The van der Waals surface area contributed by atoms with Gasteiger partial charge in [-0.1, -0.05) is 87.5 Å². The normalized spacial score (nSPS) is 28.8. The second-order valence-corrected chi connectivity index (χ2v) is 16.2. The van der Waals surface area contributed by atoms with Crippen LogP contribution >= 0.6 is 0 Å². The van der Waals surface area contributed by atoms with Crippen LogP contribution in [0.4, 0.5) is 0 Å². The quantitative estimate of drug-likeness (QED) is 0.355. The van der Waals surface area contributed by atoms with Gasteiger partial charge in [0.25, 0.3) is 8.32 Å². The van der Waals surface area contributed by atoms with E-state index in [1.165, 1.54) is 10.4 Å². The van der Waals surface area contributed by atoms with Crippen LogP contribution in [-0.2, 0) is 13.9 Å². The predicted molar refractivity (Wildman–Crippen MR) is 149 cm³/mol. The van der Waals surface area contributed by atoms with Gasteiger partial charge in [0.1, 0.15) is 0 Å². The van der Waals surface area contributed by atoms with Gasteiger partial charge in [0.05, 0.1) is 30.3 Å². The van der Waals surface area contributed by atoms with Gasteiger partial charge in [-0.05, 0) is 54.9 Å². The summed E-state index contributed by atoms with van der Waals surface area (Å²) in [5.74, 6) is -0.813. The Hall–Kier alpha value is -1.76. The first-order valence-electron chi connectivity index (χ1n) is 13.5. The van der Waals surface area contributed by atoms with E-state index in [9.17, 15) is 5.11 Å². The summed E-state index contributed by atoms with van der Waals surface area (Å²) in [6.07, 6.45) is 5.06. The van der Waals surface area contributed by atoms with Crippen molar-refractivity contribution in [3.05, 3.63) is 73.3 Å². The van der Waals surface area contributed by atoms with Crippen LogP contribution < -0.4 is 10.4 Å². The van der Waals surface area contributed by atoms with Crippen LogP contribution in [0.1, 0.15) is 66.7 Å². The summed E-state index contributed by atoms with van der Waals surface area (Å²) in [6.45, 7) is 15.5. The van der Waals surface area contributed by atoms with Crippen molar-refractivity contribution in [1.82, 2.24) is 0 Å². The van der Waals surface area contributed by atoms with Crippen molar-refractivity contribution < 1.29 is 19.0 Å². The van der Waals surface area contributed by atoms with E-state index in [1.54, 1.807) is 0 Å². The molecule has 2 fully saturated rings. The number of fused-ring (bicyclic) bond motifs is 1. The molecule has 4 atom stereocenters. The molecule has 4 rings (SSSR count). The molecule has 2 aromatic rings. The number of benzene rings is 2. The molecule has 1 saturated heterocycles. The summed E-state index contributed by atoms with van der Waals surface area (Å²) in [5, 5.41) is 13.7. The molecule has 36 heavy (non-hydrogen) atoms. The van der Waals surface area contributed by atoms with Gasteiger partial charge in [0.2, 0.25) is 0 Å². The van der Waals surface area contributed by atoms with Crippen LogP contribution in [0.5, 0.6) is 0 Å². The minimum atomic E-state index is -2.69. The van der Waals surface area contributed by atoms with Gasteiger partial charge in [0, 0.05) is 6.42 Å². The molecule has 1 heterocycles. The SMILES string of the molecule is C=CC[C@]12C[C@@H](CO[Si](c3ccccc3)(c3ccccc3)C(C)(C)C)O[C@@]1(OC(C)C)CCC[C@@H]2O. The summed E-state index contributed by atoms with van der Waals surface area (Å²) in [4.78, 5) is 0. The van der Waals surface area contributed by atoms with E-state index in [1.807, 2.05) is 19.9 Å². The van der Waals surface area contributed by atoms with E-state index in [-0.39, 0.29) is 17.2 Å². The van der Waals surface area contributed by atoms with Gasteiger partial charge in [-0.3, -0.25) is 0 Å². The van der Waals surface area contributed by atoms with Gasteiger partial charge in [-0.2, -0.15) is 0 Å². The molecule has 4 nitrogen and oxygen atoms in total. The minimum absolute atomic E-state index is 0.00385. The lowest BCUT2D eigenvalue weighted by Gasteiger charge is -2.50. The molecule has 0 amide bonds. The summed E-state index contributed by atoms with van der Waals surface area (Å²) < 4.78 is 20.6. The van der Waals surface area contributed by atoms with Crippen LogP contribution in [0.15, 0.2) is 73.3 Å². The topological polar surface area (TPSA) is 47.9 Å². The van der Waals surface area contributed by atoms with Gasteiger partial charge in [0.15, 0.2) is 5.79 Å². The molecule has 2 aromatic carbocycles. The molecule has 0 bridgehead atoms. The molecule has 196 valence electrons. The molecule has 1 aliphatic carbocycles. The molecule has 1 saturated carbocycles. The smallest absolute Gasteiger partial charge is 0.261 e. The first kappa shape index (κ1) is 27.3. The van der Waals surface area contributed by atoms with Crippen LogP contribution in [0.3, 0.4) is 0 Å². The number of allylic oxidation sites excluding steroid dienone is 1. The Morgan fingerprint density at radius 2 is 1.67 bits per heavy atom. The van der Waals surface area contributed by atoms with E-state index >= 15 is 0 Å². The number of hydrogen-bond acceptors (Lipinski definition) is 4. The third kappa shape index (κ3) is 4.65. The Morgan fingerprint density at radius 3 is 2.17 bits per heavy atom. The highest BCUT2D eigenvalue weighted by Crippen LogP contribution is 2.58. The lowest BCUT2D eigenvalue weighted by Crippen LogP contribution is -2.67. The Balaban J connectivity index is 1.72. The Morgan fingerprint density at radius 1 is 1.08 bits per heavy atom. The maximum Gasteiger partial charge on any atom is 0.261 e. The maximum absolute atomic E-state index is 11.3. The van der Waals surface area contributed by atoms with Crippen molar-refractivity contribution in [3.63, 3.8) is 0 Å². The lowest BCUT2D eigenvalue weighted by molar-refractivity contribution is -0.315. The zero-order valence-electron chi connectivity index (χ0n) is 22.7. The van der Waals surface area contributed by atoms with Gasteiger partial charge < -0.3 is 19.0 Å². The monoisotopic (exact) mass is 508 g/mol. The van der Waals surface area contributed by atoms with Gasteiger partial charge in [-0.25, -0.2) is 0 Å². The highest BCUT2D eigenvalue weighted by atomic mass is 28.4. The summed E-state index contributed by atoms with van der Waals surface area (Å²) in [7, 11) is -2.69. The molecule has 2 aliphatic rings. The third-order valence-electron chi connectivity index (χ3n) is 8.17. The zero-order chi connectivity index (χ0) is 26.0. The second kappa shape index (κ2) is 10.5. The molecule has 0 aromatic heterocycles. The highest BCUT2D eigenvalue weighted by Gasteiger charge is 2.65. The Kier molecular flexibility index (Phi) is 7.99. The molecular formula is C31H44O4Si. The fraction of sp³-hybridized carbons (Fsp3) is 0.548. The number of aliphatic hydroxyl groups excluding tert-OH is 1. The minimum Gasteiger partial charge on any atom is -0.405 e. The van der Waals surface area contributed by atoms with Gasteiger partial charge in [-0.15, -0.1) is 6.58 Å². The first-order valence-corrected chi connectivity index (χ1v) is 15.4. The predicted octanol–water partition coefficient (Wildman–Crippen LogP) is 5.58. The fourth-order valence-corrected chi connectivity index (χ4v) is 11.4. The molecule has 0 radical (unpaired) electrons. The number of rotatable bonds is 9. The number of hydrogen-bond donors (Lipinski definition) is 1. The summed E-state index contributed by atoms with van der Waals surface area (Å²) in [6, 6.07) is 21.4. The van der Waals surface area contributed by atoms with Crippen molar-refractivity contribution in [1.29, 1.82) is 0 Å². The maximum atomic E-state index is 11.3. The van der Waals surface area contributed by atoms with Crippen LogP contribution in [0.25, 0.3) is 0 Å². The average molecular weight is 509 g/mol. The molecule has 1 N–H and O–H groups in total. The van der Waals surface area contributed by atoms with E-state index in [0.29, 0.717) is 19.4 Å². The van der Waals surface area contributed by atoms with E-state index in [0.717, 1.165) is 19.3 Å². The van der Waals surface area contributed by atoms with Crippen molar-refractivity contribution >= 4 is 18.7 Å². The van der Waals surface area contributed by atoms with Crippen molar-refractivity contribution in [2.45, 2.75) is 95.9 Å². The van der Waals surface area contributed by atoms with Crippen LogP contribution in [-0.4, -0.2) is 44.1 Å². The molecule has 0 spiro atoms. The summed E-state index contributed by atoms with van der Waals surface area (Å²) >= 11 is 0. The summed E-state index contributed by atoms with van der Waals surface area (Å²) in [5.41, 5.74) is -0.503. The van der Waals surface area contributed by atoms with Gasteiger partial charge >= 0.3 is 0 Å². The second-order valence-electron chi connectivity index (χ2n) is 11.9. The third-order valence-corrected chi connectivity index (χ3v) is 13.2. The lowest BCUT2D eigenvalue weighted by atomic mass is 9.64. The van der Waals surface area contributed by atoms with E-state index in [4.69, 9.17) is 13.9 Å². The number of ether oxygens (including phenoxy) is 2. The van der Waals surface area contributed by atoms with Crippen molar-refractivity contribution in [3.8, 4) is 0 Å². The zero-order valence-corrected chi connectivity index (χ0v) is 23.7. The first-order chi connectivity index (χ1) is 17.1. The number of aliphatic hydroxyl groups is 1. The molecule has 5 heteroatoms. The van der Waals surface area contributed by atoms with E-state index < -0.39 is 25.6 Å². The highest BCUT2D eigenvalue weighted by molar-refractivity contribution is 6.99.